The number of aryl methyl sites for hydroxylation is 4. The van der Waals surface area contributed by atoms with Gasteiger partial charge in [0.15, 0.2) is 0 Å². The summed E-state index contributed by atoms with van der Waals surface area (Å²) in [4.78, 5) is 12.3. The number of fused-ring (bicyclic) bond motifs is 1. The monoisotopic (exact) mass is 255 g/mol. The summed E-state index contributed by atoms with van der Waals surface area (Å²) in [6.07, 6.45) is 3.41. The van der Waals surface area contributed by atoms with E-state index in [1.807, 2.05) is 26.0 Å². The van der Waals surface area contributed by atoms with Gasteiger partial charge in [-0.05, 0) is 56.4 Å². The number of hydrogen-bond acceptors (Lipinski definition) is 2. The smallest absolute Gasteiger partial charge is 0.255 e. The first-order valence-electron chi connectivity index (χ1n) is 6.60. The number of carbonyl (C=O) groups is 1. The highest BCUT2D eigenvalue weighted by Gasteiger charge is 2.15. The van der Waals surface area contributed by atoms with E-state index < -0.39 is 0 Å². The van der Waals surface area contributed by atoms with Crippen LogP contribution in [0.5, 0.6) is 0 Å². The Morgan fingerprint density at radius 2 is 2.05 bits per heavy atom. The summed E-state index contributed by atoms with van der Waals surface area (Å²) in [6.45, 7) is 3.78. The van der Waals surface area contributed by atoms with Gasteiger partial charge in [-0.2, -0.15) is 5.10 Å². The molecular weight excluding hydrogens is 238 g/mol. The third-order valence-electron chi connectivity index (χ3n) is 3.73. The van der Waals surface area contributed by atoms with Crippen LogP contribution in [0.15, 0.2) is 18.2 Å². The zero-order chi connectivity index (χ0) is 13.4. The highest BCUT2D eigenvalue weighted by atomic mass is 16.1. The molecule has 19 heavy (non-hydrogen) atoms. The maximum Gasteiger partial charge on any atom is 0.255 e. The number of benzene rings is 1. The first-order valence-corrected chi connectivity index (χ1v) is 6.60. The van der Waals surface area contributed by atoms with Crippen molar-refractivity contribution in [1.82, 2.24) is 10.2 Å². The molecule has 3 rings (SSSR count). The van der Waals surface area contributed by atoms with E-state index in [1.165, 1.54) is 17.5 Å². The Morgan fingerprint density at radius 1 is 1.26 bits per heavy atom. The second kappa shape index (κ2) is 4.53. The van der Waals surface area contributed by atoms with Crippen LogP contribution < -0.4 is 5.32 Å². The van der Waals surface area contributed by atoms with E-state index in [0.717, 1.165) is 35.5 Å². The Labute approximate surface area is 112 Å². The van der Waals surface area contributed by atoms with Crippen molar-refractivity contribution >= 4 is 11.6 Å². The minimum absolute atomic E-state index is 0.0673. The fourth-order valence-electron chi connectivity index (χ4n) is 2.63. The van der Waals surface area contributed by atoms with Crippen molar-refractivity contribution in [1.29, 1.82) is 0 Å². The second-order valence-electron chi connectivity index (χ2n) is 5.10. The Kier molecular flexibility index (Phi) is 2.85. The van der Waals surface area contributed by atoms with Gasteiger partial charge in [0.25, 0.3) is 5.91 Å². The van der Waals surface area contributed by atoms with Gasteiger partial charge in [0, 0.05) is 5.56 Å². The number of amides is 1. The van der Waals surface area contributed by atoms with Crippen LogP contribution in [0.25, 0.3) is 0 Å². The van der Waals surface area contributed by atoms with Crippen molar-refractivity contribution in [3.63, 3.8) is 0 Å². The second-order valence-corrected chi connectivity index (χ2v) is 5.10. The molecule has 1 aromatic carbocycles. The molecule has 0 bridgehead atoms. The molecule has 0 aliphatic heterocycles. The van der Waals surface area contributed by atoms with Crippen molar-refractivity contribution in [2.24, 2.45) is 0 Å². The molecule has 2 aromatic rings. The number of carbonyl (C=O) groups excluding carboxylic acids is 1. The lowest BCUT2D eigenvalue weighted by molar-refractivity contribution is 0.102. The Morgan fingerprint density at radius 3 is 2.79 bits per heavy atom. The van der Waals surface area contributed by atoms with E-state index in [9.17, 15) is 4.79 Å². The number of aromatic nitrogens is 2. The van der Waals surface area contributed by atoms with Crippen molar-refractivity contribution < 1.29 is 4.79 Å². The van der Waals surface area contributed by atoms with Crippen LogP contribution in [0.3, 0.4) is 0 Å². The van der Waals surface area contributed by atoms with E-state index in [0.29, 0.717) is 0 Å². The molecule has 1 amide bonds. The largest absolute Gasteiger partial charge is 0.319 e. The van der Waals surface area contributed by atoms with Crippen LogP contribution in [-0.2, 0) is 12.8 Å². The summed E-state index contributed by atoms with van der Waals surface area (Å²) >= 11 is 0. The number of anilines is 1. The Balaban J connectivity index is 1.85. The molecule has 0 saturated heterocycles. The number of nitrogens with one attached hydrogen (secondary N) is 2. The molecule has 0 radical (unpaired) electrons. The molecule has 0 atom stereocenters. The summed E-state index contributed by atoms with van der Waals surface area (Å²) in [5.74, 6) is -0.0673. The van der Waals surface area contributed by atoms with E-state index in [2.05, 4.69) is 21.6 Å². The first-order chi connectivity index (χ1) is 9.15. The molecular formula is C15H17N3O. The summed E-state index contributed by atoms with van der Waals surface area (Å²) < 4.78 is 0. The van der Waals surface area contributed by atoms with Crippen LogP contribution in [-0.4, -0.2) is 16.1 Å². The van der Waals surface area contributed by atoms with Crippen LogP contribution in [0.1, 0.15) is 39.3 Å². The van der Waals surface area contributed by atoms with Gasteiger partial charge in [0.2, 0.25) is 0 Å². The zero-order valence-corrected chi connectivity index (χ0v) is 11.2. The fourth-order valence-corrected chi connectivity index (χ4v) is 2.63. The summed E-state index contributed by atoms with van der Waals surface area (Å²) in [7, 11) is 0. The van der Waals surface area contributed by atoms with Gasteiger partial charge in [-0.25, -0.2) is 0 Å². The normalized spacial score (nSPS) is 13.4. The van der Waals surface area contributed by atoms with Gasteiger partial charge >= 0.3 is 0 Å². The number of rotatable bonds is 2. The topological polar surface area (TPSA) is 57.8 Å². The molecule has 98 valence electrons. The molecule has 0 spiro atoms. The van der Waals surface area contributed by atoms with E-state index in [-0.39, 0.29) is 5.91 Å². The van der Waals surface area contributed by atoms with Gasteiger partial charge in [0.05, 0.1) is 17.1 Å². The maximum atomic E-state index is 12.3. The van der Waals surface area contributed by atoms with Crippen molar-refractivity contribution in [3.8, 4) is 0 Å². The van der Waals surface area contributed by atoms with Crippen LogP contribution in [0.4, 0.5) is 5.69 Å². The number of hydrogen-bond donors (Lipinski definition) is 2. The zero-order valence-electron chi connectivity index (χ0n) is 11.2. The highest BCUT2D eigenvalue weighted by molar-refractivity contribution is 6.05. The van der Waals surface area contributed by atoms with Gasteiger partial charge < -0.3 is 5.32 Å². The van der Waals surface area contributed by atoms with Gasteiger partial charge in [-0.15, -0.1) is 0 Å². The SMILES string of the molecule is Cc1n[nH]c(C)c1NC(=O)c1ccc2c(c1)CCC2. The number of aromatic amines is 1. The van der Waals surface area contributed by atoms with Crippen LogP contribution in [0, 0.1) is 13.8 Å². The Hall–Kier alpha value is -2.10. The lowest BCUT2D eigenvalue weighted by atomic mass is 10.1. The first kappa shape index (κ1) is 12.0. The Bertz CT molecular complexity index is 623. The molecule has 1 aliphatic carbocycles. The van der Waals surface area contributed by atoms with Gasteiger partial charge in [-0.1, -0.05) is 6.07 Å². The van der Waals surface area contributed by atoms with E-state index in [4.69, 9.17) is 0 Å². The average Bonchev–Trinajstić information content (AvgIpc) is 2.99. The summed E-state index contributed by atoms with van der Waals surface area (Å²) in [5, 5.41) is 9.88. The molecule has 1 aliphatic rings. The number of H-pyrrole nitrogens is 1. The molecule has 2 N–H and O–H groups in total. The molecule has 4 heteroatoms. The van der Waals surface area contributed by atoms with Crippen molar-refractivity contribution in [3.05, 3.63) is 46.3 Å². The molecule has 0 saturated carbocycles. The quantitative estimate of drug-likeness (QED) is 0.867. The molecule has 0 fully saturated rings. The molecule has 4 nitrogen and oxygen atoms in total. The standard InChI is InChI=1S/C15H17N3O/c1-9-14(10(2)18-17-9)16-15(19)13-7-6-11-4-3-5-12(11)8-13/h6-8H,3-5H2,1-2H3,(H,16,19)(H,17,18). The van der Waals surface area contributed by atoms with Crippen LogP contribution in [0.2, 0.25) is 0 Å². The van der Waals surface area contributed by atoms with Gasteiger partial charge in [0.1, 0.15) is 0 Å². The highest BCUT2D eigenvalue weighted by Crippen LogP contribution is 2.24. The fraction of sp³-hybridized carbons (Fsp3) is 0.333. The predicted molar refractivity (Wildman–Crippen MR) is 74.5 cm³/mol. The average molecular weight is 255 g/mol. The molecule has 1 heterocycles. The molecule has 1 aromatic heterocycles. The van der Waals surface area contributed by atoms with Gasteiger partial charge in [-0.3, -0.25) is 9.89 Å². The van der Waals surface area contributed by atoms with E-state index in [1.54, 1.807) is 0 Å². The lowest BCUT2D eigenvalue weighted by Crippen LogP contribution is -2.13. The van der Waals surface area contributed by atoms with Crippen molar-refractivity contribution in [2.45, 2.75) is 33.1 Å². The predicted octanol–water partition coefficient (Wildman–Crippen LogP) is 2.77. The summed E-state index contributed by atoms with van der Waals surface area (Å²) in [5.41, 5.74) is 5.89. The van der Waals surface area contributed by atoms with Crippen LogP contribution >= 0.6 is 0 Å². The summed E-state index contributed by atoms with van der Waals surface area (Å²) in [6, 6.07) is 6.00. The minimum atomic E-state index is -0.0673. The third kappa shape index (κ3) is 2.14. The maximum absolute atomic E-state index is 12.3. The lowest BCUT2D eigenvalue weighted by Gasteiger charge is -2.07. The number of nitrogens with zero attached hydrogens (tertiary/aromatic N) is 1. The van der Waals surface area contributed by atoms with Crippen molar-refractivity contribution in [2.75, 3.05) is 5.32 Å². The molecule has 0 unspecified atom stereocenters. The minimum Gasteiger partial charge on any atom is -0.319 e. The third-order valence-corrected chi connectivity index (χ3v) is 3.73. The van der Waals surface area contributed by atoms with E-state index >= 15 is 0 Å².